The number of fused-ring (bicyclic) bond motifs is 1. The van der Waals surface area contributed by atoms with Crippen LogP contribution in [0.5, 0.6) is 11.5 Å². The molecular formula is C15H20O6S. The van der Waals surface area contributed by atoms with Crippen LogP contribution in [0.3, 0.4) is 0 Å². The molecule has 1 heterocycles. The topological polar surface area (TPSA) is 71.1 Å². The molecule has 0 bridgehead atoms. The van der Waals surface area contributed by atoms with Crippen LogP contribution in [-0.4, -0.2) is 49.5 Å². The first-order chi connectivity index (χ1) is 10.7. The van der Waals surface area contributed by atoms with Gasteiger partial charge in [-0.1, -0.05) is 0 Å². The molecule has 0 amide bonds. The molecule has 1 aromatic rings. The maximum atomic E-state index is 12.2. The van der Waals surface area contributed by atoms with Gasteiger partial charge in [-0.15, -0.1) is 0 Å². The highest BCUT2D eigenvalue weighted by atomic mass is 32.2. The van der Waals surface area contributed by atoms with E-state index in [1.165, 1.54) is 7.11 Å². The molecule has 0 aliphatic carbocycles. The fourth-order valence-corrected chi connectivity index (χ4v) is 2.94. The third-order valence-electron chi connectivity index (χ3n) is 3.02. The van der Waals surface area contributed by atoms with Crippen LogP contribution in [0, 0.1) is 0 Å². The van der Waals surface area contributed by atoms with Crippen LogP contribution in [0.4, 0.5) is 0 Å². The summed E-state index contributed by atoms with van der Waals surface area (Å²) in [5.74, 6) is 1.11. The van der Waals surface area contributed by atoms with Gasteiger partial charge in [0, 0.05) is 30.2 Å². The number of ether oxygens (including phenoxy) is 4. The van der Waals surface area contributed by atoms with Gasteiger partial charge in [0.15, 0.2) is 11.5 Å². The Morgan fingerprint density at radius 1 is 1.23 bits per heavy atom. The summed E-state index contributed by atoms with van der Waals surface area (Å²) in [4.78, 5) is 12.1. The van der Waals surface area contributed by atoms with Crippen molar-refractivity contribution < 1.29 is 28.0 Å². The van der Waals surface area contributed by atoms with E-state index in [0.717, 1.165) is 6.42 Å². The maximum Gasteiger partial charge on any atom is 0.306 e. The summed E-state index contributed by atoms with van der Waals surface area (Å²) < 4.78 is 33.0. The van der Waals surface area contributed by atoms with Gasteiger partial charge < -0.3 is 18.9 Å². The Balaban J connectivity index is 1.87. The molecule has 1 aliphatic heterocycles. The molecule has 7 heteroatoms. The van der Waals surface area contributed by atoms with E-state index in [-0.39, 0.29) is 24.7 Å². The third kappa shape index (κ3) is 4.99. The van der Waals surface area contributed by atoms with Crippen molar-refractivity contribution in [3.05, 3.63) is 18.2 Å². The fraction of sp³-hybridized carbons (Fsp3) is 0.533. The molecule has 0 saturated heterocycles. The number of hydrogen-bond donors (Lipinski definition) is 0. The first-order valence-electron chi connectivity index (χ1n) is 7.13. The SMILES string of the molecule is COCCOC(=O)CCS(=O)c1ccc2c(c1)OCCCO2. The highest BCUT2D eigenvalue weighted by Crippen LogP contribution is 2.31. The Kier molecular flexibility index (Phi) is 6.67. The number of carbonyl (C=O) groups excluding carboxylic acids is 1. The highest BCUT2D eigenvalue weighted by Gasteiger charge is 2.14. The van der Waals surface area contributed by atoms with Crippen LogP contribution in [0.2, 0.25) is 0 Å². The summed E-state index contributed by atoms with van der Waals surface area (Å²) in [6.07, 6.45) is 0.922. The minimum absolute atomic E-state index is 0.102. The van der Waals surface area contributed by atoms with Gasteiger partial charge in [0.2, 0.25) is 0 Å². The lowest BCUT2D eigenvalue weighted by Gasteiger charge is -2.09. The van der Waals surface area contributed by atoms with Gasteiger partial charge in [0.1, 0.15) is 6.61 Å². The van der Waals surface area contributed by atoms with Crippen molar-refractivity contribution in [2.75, 3.05) is 39.3 Å². The Bertz CT molecular complexity index is 531. The Morgan fingerprint density at radius 2 is 2.00 bits per heavy atom. The number of hydrogen-bond acceptors (Lipinski definition) is 6. The molecule has 22 heavy (non-hydrogen) atoms. The number of esters is 1. The van der Waals surface area contributed by atoms with Gasteiger partial charge in [-0.25, -0.2) is 0 Å². The molecule has 0 spiro atoms. The van der Waals surface area contributed by atoms with E-state index in [1.807, 2.05) is 0 Å². The molecule has 2 rings (SSSR count). The Hall–Kier alpha value is -1.60. The number of methoxy groups -OCH3 is 1. The van der Waals surface area contributed by atoms with E-state index in [9.17, 15) is 9.00 Å². The molecule has 6 nitrogen and oxygen atoms in total. The first kappa shape index (κ1) is 16.8. The molecule has 1 atom stereocenters. The van der Waals surface area contributed by atoms with Crippen molar-refractivity contribution in [1.29, 1.82) is 0 Å². The lowest BCUT2D eigenvalue weighted by molar-refractivity contribution is -0.144. The summed E-state index contributed by atoms with van der Waals surface area (Å²) in [5, 5.41) is 0. The predicted molar refractivity (Wildman–Crippen MR) is 80.8 cm³/mol. The second kappa shape index (κ2) is 8.75. The summed E-state index contributed by atoms with van der Waals surface area (Å²) in [6.45, 7) is 1.76. The van der Waals surface area contributed by atoms with Crippen molar-refractivity contribution in [3.63, 3.8) is 0 Å². The third-order valence-corrected chi connectivity index (χ3v) is 4.38. The summed E-state index contributed by atoms with van der Waals surface area (Å²) in [6, 6.07) is 5.21. The minimum Gasteiger partial charge on any atom is -0.490 e. The predicted octanol–water partition coefficient (Wildman–Crippen LogP) is 1.54. The second-order valence-electron chi connectivity index (χ2n) is 4.67. The summed E-state index contributed by atoms with van der Waals surface area (Å²) >= 11 is 0. The molecule has 0 fully saturated rings. The van der Waals surface area contributed by atoms with E-state index in [2.05, 4.69) is 0 Å². The molecule has 1 unspecified atom stereocenters. The summed E-state index contributed by atoms with van der Waals surface area (Å²) in [5.41, 5.74) is 0. The molecule has 122 valence electrons. The van der Waals surface area contributed by atoms with Gasteiger partial charge >= 0.3 is 5.97 Å². The standard InChI is InChI=1S/C15H20O6S/c1-18-8-9-21-15(16)5-10-22(17)12-3-4-13-14(11-12)20-7-2-6-19-13/h3-4,11H,2,5-10H2,1H3. The fourth-order valence-electron chi connectivity index (χ4n) is 1.89. The van der Waals surface area contributed by atoms with Gasteiger partial charge in [-0.3, -0.25) is 9.00 Å². The molecule has 0 N–H and O–H groups in total. The zero-order valence-corrected chi connectivity index (χ0v) is 13.4. The molecule has 0 saturated carbocycles. The van der Waals surface area contributed by atoms with Crippen molar-refractivity contribution in [3.8, 4) is 11.5 Å². The lowest BCUT2D eigenvalue weighted by atomic mass is 10.3. The van der Waals surface area contributed by atoms with E-state index < -0.39 is 10.8 Å². The first-order valence-corrected chi connectivity index (χ1v) is 8.45. The zero-order chi connectivity index (χ0) is 15.8. The van der Waals surface area contributed by atoms with Gasteiger partial charge in [0.05, 0.1) is 37.0 Å². The highest BCUT2D eigenvalue weighted by molar-refractivity contribution is 7.85. The molecule has 1 aromatic carbocycles. The Labute approximate surface area is 132 Å². The molecule has 1 aliphatic rings. The lowest BCUT2D eigenvalue weighted by Crippen LogP contribution is -2.12. The molecular weight excluding hydrogens is 308 g/mol. The van der Waals surface area contributed by atoms with Crippen LogP contribution in [-0.2, 0) is 25.1 Å². The van der Waals surface area contributed by atoms with Crippen LogP contribution in [0.1, 0.15) is 12.8 Å². The van der Waals surface area contributed by atoms with Gasteiger partial charge in [-0.05, 0) is 12.1 Å². The van der Waals surface area contributed by atoms with E-state index in [0.29, 0.717) is 36.2 Å². The van der Waals surface area contributed by atoms with Gasteiger partial charge in [0.25, 0.3) is 0 Å². The maximum absolute atomic E-state index is 12.2. The number of benzene rings is 1. The van der Waals surface area contributed by atoms with Crippen LogP contribution in [0.25, 0.3) is 0 Å². The van der Waals surface area contributed by atoms with E-state index in [1.54, 1.807) is 18.2 Å². The Morgan fingerprint density at radius 3 is 2.77 bits per heavy atom. The minimum atomic E-state index is -1.28. The van der Waals surface area contributed by atoms with Crippen LogP contribution >= 0.6 is 0 Å². The largest absolute Gasteiger partial charge is 0.490 e. The van der Waals surface area contributed by atoms with Crippen molar-refractivity contribution >= 4 is 16.8 Å². The van der Waals surface area contributed by atoms with E-state index in [4.69, 9.17) is 18.9 Å². The van der Waals surface area contributed by atoms with Crippen molar-refractivity contribution in [2.24, 2.45) is 0 Å². The average Bonchev–Trinajstić information content (AvgIpc) is 2.77. The zero-order valence-electron chi connectivity index (χ0n) is 12.5. The summed E-state index contributed by atoms with van der Waals surface area (Å²) in [7, 11) is 0.252. The molecule has 0 aromatic heterocycles. The number of rotatable bonds is 7. The van der Waals surface area contributed by atoms with Gasteiger partial charge in [-0.2, -0.15) is 0 Å². The van der Waals surface area contributed by atoms with Crippen molar-refractivity contribution in [2.45, 2.75) is 17.7 Å². The van der Waals surface area contributed by atoms with Crippen molar-refractivity contribution in [1.82, 2.24) is 0 Å². The van der Waals surface area contributed by atoms with Crippen LogP contribution in [0.15, 0.2) is 23.1 Å². The monoisotopic (exact) mass is 328 g/mol. The quantitative estimate of drug-likeness (QED) is 0.558. The van der Waals surface area contributed by atoms with E-state index >= 15 is 0 Å². The molecule has 0 radical (unpaired) electrons. The average molecular weight is 328 g/mol. The number of carbonyl (C=O) groups is 1. The smallest absolute Gasteiger partial charge is 0.306 e. The normalized spacial score (nSPS) is 15.0. The second-order valence-corrected chi connectivity index (χ2v) is 6.24. The van der Waals surface area contributed by atoms with Crippen LogP contribution < -0.4 is 9.47 Å².